The van der Waals surface area contributed by atoms with Crippen molar-refractivity contribution in [3.8, 4) is 0 Å². The molecular formula is C18H19N3O4S. The minimum absolute atomic E-state index is 0.0886. The normalized spacial score (nSPS) is 17.8. The lowest BCUT2D eigenvalue weighted by Gasteiger charge is -2.18. The molecule has 3 aromatic rings. The van der Waals surface area contributed by atoms with E-state index in [9.17, 15) is 13.2 Å². The van der Waals surface area contributed by atoms with Gasteiger partial charge in [0.05, 0.1) is 10.4 Å². The second kappa shape index (κ2) is 6.62. The first-order chi connectivity index (χ1) is 12.5. The van der Waals surface area contributed by atoms with E-state index in [0.29, 0.717) is 12.1 Å². The first-order valence-electron chi connectivity index (χ1n) is 8.44. The quantitative estimate of drug-likeness (QED) is 0.712. The Labute approximate surface area is 150 Å². The van der Waals surface area contributed by atoms with Crippen LogP contribution in [-0.2, 0) is 10.0 Å². The highest BCUT2D eigenvalue weighted by molar-refractivity contribution is 7.89. The molecule has 0 aliphatic carbocycles. The Hall–Kier alpha value is -2.58. The molecule has 4 rings (SSSR count). The molecule has 0 spiro atoms. The SMILES string of the molecule is O=c1[nH]c2ccc(S(=O)(=O)NCC3CCN(c4ccccc4)C3)cc2o1. The molecule has 0 saturated carbocycles. The average Bonchev–Trinajstić information content (AvgIpc) is 3.25. The molecule has 1 atom stereocenters. The molecule has 1 aromatic heterocycles. The molecule has 1 saturated heterocycles. The summed E-state index contributed by atoms with van der Waals surface area (Å²) >= 11 is 0. The van der Waals surface area contributed by atoms with E-state index in [1.807, 2.05) is 18.2 Å². The highest BCUT2D eigenvalue weighted by atomic mass is 32.2. The van der Waals surface area contributed by atoms with Crippen molar-refractivity contribution in [1.82, 2.24) is 9.71 Å². The monoisotopic (exact) mass is 373 g/mol. The van der Waals surface area contributed by atoms with Crippen molar-refractivity contribution in [3.63, 3.8) is 0 Å². The van der Waals surface area contributed by atoms with Gasteiger partial charge in [0.25, 0.3) is 0 Å². The van der Waals surface area contributed by atoms with E-state index in [-0.39, 0.29) is 16.4 Å². The van der Waals surface area contributed by atoms with E-state index in [4.69, 9.17) is 4.42 Å². The zero-order chi connectivity index (χ0) is 18.1. The molecular weight excluding hydrogens is 354 g/mol. The van der Waals surface area contributed by atoms with Crippen molar-refractivity contribution < 1.29 is 12.8 Å². The molecule has 2 aromatic carbocycles. The Morgan fingerprint density at radius 3 is 2.81 bits per heavy atom. The second-order valence-corrected chi connectivity index (χ2v) is 8.23. The van der Waals surface area contributed by atoms with Gasteiger partial charge in [0.1, 0.15) is 0 Å². The molecule has 0 amide bonds. The number of hydrogen-bond donors (Lipinski definition) is 2. The average molecular weight is 373 g/mol. The lowest BCUT2D eigenvalue weighted by molar-refractivity contribution is 0.540. The number of para-hydroxylation sites is 1. The van der Waals surface area contributed by atoms with Gasteiger partial charge in [-0.05, 0) is 36.6 Å². The summed E-state index contributed by atoms with van der Waals surface area (Å²) in [6, 6.07) is 14.5. The van der Waals surface area contributed by atoms with Crippen LogP contribution in [0.1, 0.15) is 6.42 Å². The zero-order valence-corrected chi connectivity index (χ0v) is 14.8. The zero-order valence-electron chi connectivity index (χ0n) is 14.0. The molecule has 1 aliphatic rings. The van der Waals surface area contributed by atoms with Crippen LogP contribution in [0, 0.1) is 5.92 Å². The van der Waals surface area contributed by atoms with Gasteiger partial charge in [-0.15, -0.1) is 0 Å². The maximum atomic E-state index is 12.5. The smallest absolute Gasteiger partial charge is 0.408 e. The second-order valence-electron chi connectivity index (χ2n) is 6.46. The molecule has 8 heteroatoms. The Balaban J connectivity index is 1.42. The number of aromatic amines is 1. The molecule has 7 nitrogen and oxygen atoms in total. The van der Waals surface area contributed by atoms with E-state index in [0.717, 1.165) is 25.2 Å². The number of benzene rings is 2. The summed E-state index contributed by atoms with van der Waals surface area (Å²) < 4.78 is 32.7. The number of rotatable bonds is 5. The summed E-state index contributed by atoms with van der Waals surface area (Å²) in [4.78, 5) is 16.0. The van der Waals surface area contributed by atoms with Gasteiger partial charge in [0, 0.05) is 31.4 Å². The van der Waals surface area contributed by atoms with E-state index >= 15 is 0 Å². The van der Waals surface area contributed by atoms with Crippen molar-refractivity contribution >= 4 is 26.8 Å². The number of anilines is 1. The van der Waals surface area contributed by atoms with Crippen molar-refractivity contribution in [2.24, 2.45) is 5.92 Å². The van der Waals surface area contributed by atoms with Crippen molar-refractivity contribution in [3.05, 3.63) is 59.1 Å². The highest BCUT2D eigenvalue weighted by Gasteiger charge is 2.25. The molecule has 0 bridgehead atoms. The van der Waals surface area contributed by atoms with Crippen LogP contribution in [0.4, 0.5) is 5.69 Å². The van der Waals surface area contributed by atoms with Crippen LogP contribution >= 0.6 is 0 Å². The molecule has 136 valence electrons. The third kappa shape index (κ3) is 3.38. The summed E-state index contributed by atoms with van der Waals surface area (Å²) in [5.74, 6) is -0.353. The van der Waals surface area contributed by atoms with Crippen LogP contribution in [0.25, 0.3) is 11.1 Å². The summed E-state index contributed by atoms with van der Waals surface area (Å²) in [5, 5.41) is 0. The van der Waals surface area contributed by atoms with Gasteiger partial charge in [-0.2, -0.15) is 0 Å². The third-order valence-electron chi connectivity index (χ3n) is 4.67. The van der Waals surface area contributed by atoms with Gasteiger partial charge in [0.2, 0.25) is 10.0 Å². The lowest BCUT2D eigenvalue weighted by Crippen LogP contribution is -2.31. The molecule has 2 N–H and O–H groups in total. The number of sulfonamides is 1. The number of aromatic nitrogens is 1. The van der Waals surface area contributed by atoms with Crippen molar-refractivity contribution in [2.45, 2.75) is 11.3 Å². The van der Waals surface area contributed by atoms with Crippen LogP contribution in [-0.4, -0.2) is 33.0 Å². The van der Waals surface area contributed by atoms with Gasteiger partial charge >= 0.3 is 5.76 Å². The van der Waals surface area contributed by atoms with E-state index in [1.54, 1.807) is 0 Å². The number of nitrogens with zero attached hydrogens (tertiary/aromatic N) is 1. The Kier molecular flexibility index (Phi) is 4.29. The molecule has 2 heterocycles. The summed E-state index contributed by atoms with van der Waals surface area (Å²) in [6.07, 6.45) is 0.934. The fourth-order valence-electron chi connectivity index (χ4n) is 3.28. The maximum absolute atomic E-state index is 12.5. The standard InChI is InChI=1S/C18H19N3O4S/c22-18-20-16-7-6-15(10-17(16)25-18)26(23,24)19-11-13-8-9-21(12-13)14-4-2-1-3-5-14/h1-7,10,13,19H,8-9,11-12H2,(H,20,22). The van der Waals surface area contributed by atoms with Gasteiger partial charge < -0.3 is 9.32 Å². The summed E-state index contributed by atoms with van der Waals surface area (Å²) in [7, 11) is -3.66. The number of H-pyrrole nitrogens is 1. The van der Waals surface area contributed by atoms with Gasteiger partial charge in [-0.25, -0.2) is 17.9 Å². The van der Waals surface area contributed by atoms with Gasteiger partial charge in [-0.3, -0.25) is 4.98 Å². The van der Waals surface area contributed by atoms with Crippen molar-refractivity contribution in [2.75, 3.05) is 24.5 Å². The number of hydrogen-bond acceptors (Lipinski definition) is 5. The first kappa shape index (κ1) is 16.9. The molecule has 1 fully saturated rings. The van der Waals surface area contributed by atoms with Crippen LogP contribution in [0.15, 0.2) is 62.6 Å². The van der Waals surface area contributed by atoms with Gasteiger partial charge in [-0.1, -0.05) is 18.2 Å². The highest BCUT2D eigenvalue weighted by Crippen LogP contribution is 2.23. The van der Waals surface area contributed by atoms with E-state index in [2.05, 4.69) is 26.7 Å². The maximum Gasteiger partial charge on any atom is 0.417 e. The number of oxazole rings is 1. The van der Waals surface area contributed by atoms with E-state index in [1.165, 1.54) is 18.2 Å². The third-order valence-corrected chi connectivity index (χ3v) is 6.09. The predicted octanol–water partition coefficient (Wildman–Crippen LogP) is 1.93. The fraction of sp³-hybridized carbons (Fsp3) is 0.278. The fourth-order valence-corrected chi connectivity index (χ4v) is 4.41. The molecule has 26 heavy (non-hydrogen) atoms. The Morgan fingerprint density at radius 1 is 1.19 bits per heavy atom. The van der Waals surface area contributed by atoms with Gasteiger partial charge in [0.15, 0.2) is 5.58 Å². The van der Waals surface area contributed by atoms with Crippen LogP contribution < -0.4 is 15.4 Å². The molecule has 1 aliphatic heterocycles. The predicted molar refractivity (Wildman–Crippen MR) is 98.8 cm³/mol. The van der Waals surface area contributed by atoms with Crippen LogP contribution in [0.2, 0.25) is 0 Å². The van der Waals surface area contributed by atoms with E-state index < -0.39 is 15.8 Å². The Bertz CT molecular complexity index is 1070. The van der Waals surface area contributed by atoms with Crippen molar-refractivity contribution in [1.29, 1.82) is 0 Å². The summed E-state index contributed by atoms with van der Waals surface area (Å²) in [5.41, 5.74) is 1.86. The Morgan fingerprint density at radius 2 is 2.00 bits per heavy atom. The summed E-state index contributed by atoms with van der Waals surface area (Å²) in [6.45, 7) is 2.11. The topological polar surface area (TPSA) is 95.4 Å². The number of fused-ring (bicyclic) bond motifs is 1. The molecule has 1 unspecified atom stereocenters. The minimum Gasteiger partial charge on any atom is -0.408 e. The van der Waals surface area contributed by atoms with Crippen LogP contribution in [0.3, 0.4) is 0 Å². The lowest BCUT2D eigenvalue weighted by atomic mass is 10.1. The minimum atomic E-state index is -3.66. The van der Waals surface area contributed by atoms with Crippen LogP contribution in [0.5, 0.6) is 0 Å². The largest absolute Gasteiger partial charge is 0.417 e. The number of nitrogens with one attached hydrogen (secondary N) is 2. The first-order valence-corrected chi connectivity index (χ1v) is 9.92. The molecule has 0 radical (unpaired) electrons.